The van der Waals surface area contributed by atoms with Crippen molar-refractivity contribution in [2.75, 3.05) is 18.0 Å². The van der Waals surface area contributed by atoms with Crippen LogP contribution in [0.15, 0.2) is 10.7 Å². The van der Waals surface area contributed by atoms with Crippen molar-refractivity contribution in [3.8, 4) is 0 Å². The van der Waals surface area contributed by atoms with Crippen molar-refractivity contribution in [1.29, 1.82) is 0 Å². The summed E-state index contributed by atoms with van der Waals surface area (Å²) in [6, 6.07) is 2.06. The van der Waals surface area contributed by atoms with Crippen LogP contribution in [0, 0.1) is 11.8 Å². The Hall–Kier alpha value is -0.640. The molecule has 4 heteroatoms. The summed E-state index contributed by atoms with van der Waals surface area (Å²) < 4.78 is 0.898. The number of hydrogen-bond donors (Lipinski definition) is 0. The van der Waals surface area contributed by atoms with Gasteiger partial charge in [0.15, 0.2) is 0 Å². The second-order valence-corrected chi connectivity index (χ2v) is 7.38. The lowest BCUT2D eigenvalue weighted by Gasteiger charge is -2.26. The molecule has 3 nitrogen and oxygen atoms in total. The van der Waals surface area contributed by atoms with Crippen LogP contribution in [0.1, 0.15) is 59.7 Å². The first-order valence-electron chi connectivity index (χ1n) is 8.20. The molecule has 0 aliphatic heterocycles. The lowest BCUT2D eigenvalue weighted by molar-refractivity contribution is 0.532. The van der Waals surface area contributed by atoms with Gasteiger partial charge >= 0.3 is 0 Å². The van der Waals surface area contributed by atoms with Crippen LogP contribution in [0.3, 0.4) is 0 Å². The third kappa shape index (κ3) is 7.25. The summed E-state index contributed by atoms with van der Waals surface area (Å²) in [7, 11) is 0. The van der Waals surface area contributed by atoms with Gasteiger partial charge in [-0.2, -0.15) is 0 Å². The van der Waals surface area contributed by atoms with Gasteiger partial charge in [0, 0.05) is 25.6 Å². The number of rotatable bonds is 9. The first-order valence-corrected chi connectivity index (χ1v) is 9.00. The van der Waals surface area contributed by atoms with Crippen LogP contribution in [0.2, 0.25) is 0 Å². The summed E-state index contributed by atoms with van der Waals surface area (Å²) in [5, 5.41) is 0. The number of hydrogen-bond acceptors (Lipinski definition) is 3. The number of anilines is 1. The Morgan fingerprint density at radius 2 is 1.62 bits per heavy atom. The fraction of sp³-hybridized carbons (Fsp3) is 0.765. The maximum atomic E-state index is 4.76. The highest BCUT2D eigenvalue weighted by atomic mass is 79.9. The quantitative estimate of drug-likeness (QED) is 0.577. The molecule has 0 N–H and O–H groups in total. The van der Waals surface area contributed by atoms with Crippen molar-refractivity contribution < 1.29 is 0 Å². The van der Waals surface area contributed by atoms with E-state index in [-0.39, 0.29) is 0 Å². The predicted octanol–water partition coefficient (Wildman–Crippen LogP) is 5.09. The molecule has 0 unspecified atom stereocenters. The maximum Gasteiger partial charge on any atom is 0.133 e. The van der Waals surface area contributed by atoms with Crippen molar-refractivity contribution in [3.05, 3.63) is 16.5 Å². The van der Waals surface area contributed by atoms with Gasteiger partial charge in [0.25, 0.3) is 0 Å². The molecule has 0 aliphatic carbocycles. The third-order valence-corrected chi connectivity index (χ3v) is 3.88. The summed E-state index contributed by atoms with van der Waals surface area (Å²) in [6.07, 6.45) is 4.41. The molecular formula is C17H30BrN3. The highest BCUT2D eigenvalue weighted by molar-refractivity contribution is 9.10. The Balaban J connectivity index is 2.88. The largest absolute Gasteiger partial charge is 0.356 e. The Bertz CT molecular complexity index is 406. The first kappa shape index (κ1) is 18.4. The summed E-state index contributed by atoms with van der Waals surface area (Å²) in [5.74, 6) is 3.45. The normalized spacial score (nSPS) is 11.4. The monoisotopic (exact) mass is 355 g/mol. The van der Waals surface area contributed by atoms with E-state index in [1.807, 2.05) is 0 Å². The zero-order valence-electron chi connectivity index (χ0n) is 14.2. The van der Waals surface area contributed by atoms with Gasteiger partial charge in [-0.1, -0.05) is 34.6 Å². The minimum absolute atomic E-state index is 0.715. The molecule has 0 atom stereocenters. The Morgan fingerprint density at radius 3 is 2.10 bits per heavy atom. The molecule has 1 aromatic heterocycles. The van der Waals surface area contributed by atoms with Gasteiger partial charge in [-0.05, 0) is 47.0 Å². The minimum atomic E-state index is 0.715. The SMILES string of the molecule is CCCc1nc(Br)cc(N(CCC(C)C)CCC(C)C)n1. The van der Waals surface area contributed by atoms with Gasteiger partial charge in [-0.3, -0.25) is 0 Å². The van der Waals surface area contributed by atoms with E-state index in [1.54, 1.807) is 0 Å². The van der Waals surface area contributed by atoms with Gasteiger partial charge in [-0.25, -0.2) is 9.97 Å². The zero-order valence-corrected chi connectivity index (χ0v) is 15.8. The molecule has 0 spiro atoms. The van der Waals surface area contributed by atoms with Gasteiger partial charge in [0.2, 0.25) is 0 Å². The van der Waals surface area contributed by atoms with E-state index in [0.717, 1.165) is 42.2 Å². The highest BCUT2D eigenvalue weighted by Crippen LogP contribution is 2.20. The molecule has 0 saturated carbocycles. The van der Waals surface area contributed by atoms with Crippen LogP contribution in [0.4, 0.5) is 5.82 Å². The summed E-state index contributed by atoms with van der Waals surface area (Å²) in [5.41, 5.74) is 0. The van der Waals surface area contributed by atoms with E-state index in [9.17, 15) is 0 Å². The van der Waals surface area contributed by atoms with Crippen LogP contribution >= 0.6 is 15.9 Å². The molecule has 1 aromatic rings. The van der Waals surface area contributed by atoms with Crippen molar-refractivity contribution in [3.63, 3.8) is 0 Å². The second-order valence-electron chi connectivity index (χ2n) is 6.57. The zero-order chi connectivity index (χ0) is 15.8. The molecule has 0 aromatic carbocycles. The topological polar surface area (TPSA) is 29.0 Å². The summed E-state index contributed by atoms with van der Waals surface area (Å²) in [4.78, 5) is 11.7. The molecule has 0 aliphatic rings. The van der Waals surface area contributed by atoms with Gasteiger partial charge in [0.05, 0.1) is 0 Å². The van der Waals surface area contributed by atoms with E-state index in [4.69, 9.17) is 4.98 Å². The molecular weight excluding hydrogens is 326 g/mol. The molecule has 0 amide bonds. The lowest BCUT2D eigenvalue weighted by Crippen LogP contribution is -2.28. The van der Waals surface area contributed by atoms with E-state index in [2.05, 4.69) is 66.5 Å². The lowest BCUT2D eigenvalue weighted by atomic mass is 10.1. The smallest absolute Gasteiger partial charge is 0.133 e. The van der Waals surface area contributed by atoms with Crippen molar-refractivity contribution in [2.45, 2.75) is 60.3 Å². The average Bonchev–Trinajstić information content (AvgIpc) is 2.37. The Morgan fingerprint density at radius 1 is 1.05 bits per heavy atom. The maximum absolute atomic E-state index is 4.76. The Labute approximate surface area is 138 Å². The highest BCUT2D eigenvalue weighted by Gasteiger charge is 2.12. The number of aryl methyl sites for hydroxylation is 1. The van der Waals surface area contributed by atoms with E-state index in [1.165, 1.54) is 12.8 Å². The van der Waals surface area contributed by atoms with E-state index in [0.29, 0.717) is 11.8 Å². The molecule has 0 bridgehead atoms. The fourth-order valence-electron chi connectivity index (χ4n) is 2.12. The molecule has 120 valence electrons. The first-order chi connectivity index (χ1) is 9.92. The van der Waals surface area contributed by atoms with Crippen LogP contribution < -0.4 is 4.90 Å². The number of aromatic nitrogens is 2. The number of halogens is 1. The van der Waals surface area contributed by atoms with E-state index >= 15 is 0 Å². The summed E-state index contributed by atoms with van der Waals surface area (Å²) >= 11 is 3.53. The predicted molar refractivity (Wildman–Crippen MR) is 94.9 cm³/mol. The molecule has 0 fully saturated rings. The van der Waals surface area contributed by atoms with Crippen LogP contribution in [0.25, 0.3) is 0 Å². The molecule has 1 rings (SSSR count). The van der Waals surface area contributed by atoms with Crippen LogP contribution in [-0.2, 0) is 6.42 Å². The third-order valence-electron chi connectivity index (χ3n) is 3.48. The van der Waals surface area contributed by atoms with Crippen LogP contribution in [0.5, 0.6) is 0 Å². The minimum Gasteiger partial charge on any atom is -0.356 e. The Kier molecular flexibility index (Phi) is 8.23. The summed E-state index contributed by atoms with van der Waals surface area (Å²) in [6.45, 7) is 13.4. The molecule has 21 heavy (non-hydrogen) atoms. The standard InChI is InChI=1S/C17H30BrN3/c1-6-7-16-19-15(18)12-17(20-16)21(10-8-13(2)3)11-9-14(4)5/h12-14H,6-11H2,1-5H3. The van der Waals surface area contributed by atoms with Crippen molar-refractivity contribution in [2.24, 2.45) is 11.8 Å². The van der Waals surface area contributed by atoms with Gasteiger partial charge in [-0.15, -0.1) is 0 Å². The van der Waals surface area contributed by atoms with Crippen molar-refractivity contribution in [1.82, 2.24) is 9.97 Å². The van der Waals surface area contributed by atoms with E-state index < -0.39 is 0 Å². The number of nitrogens with zero attached hydrogens (tertiary/aromatic N) is 3. The molecule has 0 radical (unpaired) electrons. The molecule has 1 heterocycles. The average molecular weight is 356 g/mol. The van der Waals surface area contributed by atoms with Crippen molar-refractivity contribution >= 4 is 21.7 Å². The van der Waals surface area contributed by atoms with Crippen LogP contribution in [-0.4, -0.2) is 23.1 Å². The fourth-order valence-corrected chi connectivity index (χ4v) is 2.53. The van der Waals surface area contributed by atoms with Gasteiger partial charge in [0.1, 0.15) is 16.2 Å². The molecule has 0 saturated heterocycles. The van der Waals surface area contributed by atoms with Gasteiger partial charge < -0.3 is 4.90 Å². The second kappa shape index (κ2) is 9.39.